The maximum atomic E-state index is 5.70. The minimum Gasteiger partial charge on any atom is -0.377 e. The number of aryl methyl sites for hydroxylation is 1. The molecule has 1 aromatic rings. The molecule has 1 unspecified atom stereocenters. The summed E-state index contributed by atoms with van der Waals surface area (Å²) in [6.07, 6.45) is 0.283. The smallest absolute Gasteiger partial charge is 0.0665 e. The average molecular weight is 221 g/mol. The molecule has 1 rings (SSSR count). The molecule has 0 aliphatic rings. The Bertz CT molecular complexity index is 309. The average Bonchev–Trinajstić information content (AvgIpc) is 2.25. The van der Waals surface area contributed by atoms with Gasteiger partial charge in [-0.25, -0.2) is 0 Å². The highest BCUT2D eigenvalue weighted by molar-refractivity contribution is 5.28. The molecule has 0 amide bonds. The Kier molecular flexibility index (Phi) is 5.50. The van der Waals surface area contributed by atoms with Gasteiger partial charge in [0, 0.05) is 0 Å². The Morgan fingerprint density at radius 1 is 1.25 bits per heavy atom. The maximum absolute atomic E-state index is 5.70. The molecule has 0 saturated heterocycles. The van der Waals surface area contributed by atoms with Gasteiger partial charge in [-0.05, 0) is 38.4 Å². The number of rotatable bonds is 6. The molecule has 2 nitrogen and oxygen atoms in total. The van der Waals surface area contributed by atoms with Crippen molar-refractivity contribution < 1.29 is 4.74 Å². The van der Waals surface area contributed by atoms with Crippen LogP contribution in [0.2, 0.25) is 0 Å². The van der Waals surface area contributed by atoms with E-state index in [1.807, 2.05) is 0 Å². The van der Waals surface area contributed by atoms with Gasteiger partial charge in [0.1, 0.15) is 0 Å². The summed E-state index contributed by atoms with van der Waals surface area (Å²) in [5.41, 5.74) is 2.66. The lowest BCUT2D eigenvalue weighted by Crippen LogP contribution is -2.27. The summed E-state index contributed by atoms with van der Waals surface area (Å²) in [5.74, 6) is 0. The van der Waals surface area contributed by atoms with Gasteiger partial charge in [0.25, 0.3) is 0 Å². The van der Waals surface area contributed by atoms with Gasteiger partial charge in [0.2, 0.25) is 0 Å². The van der Waals surface area contributed by atoms with Gasteiger partial charge in [-0.1, -0.05) is 31.2 Å². The molecule has 90 valence electrons. The van der Waals surface area contributed by atoms with E-state index in [0.717, 1.165) is 13.2 Å². The molecule has 0 saturated carbocycles. The van der Waals surface area contributed by atoms with Gasteiger partial charge in [-0.2, -0.15) is 0 Å². The molecule has 0 aliphatic heterocycles. The minimum absolute atomic E-state index is 0.283. The van der Waals surface area contributed by atoms with Crippen LogP contribution in [-0.2, 0) is 4.74 Å². The zero-order chi connectivity index (χ0) is 12.0. The van der Waals surface area contributed by atoms with E-state index in [1.54, 1.807) is 0 Å². The summed E-state index contributed by atoms with van der Waals surface area (Å²) in [6, 6.07) is 8.78. The van der Waals surface area contributed by atoms with Gasteiger partial charge in [0.05, 0.1) is 18.8 Å². The largest absolute Gasteiger partial charge is 0.377 e. The van der Waals surface area contributed by atoms with Crippen LogP contribution < -0.4 is 5.32 Å². The fourth-order valence-corrected chi connectivity index (χ4v) is 1.77. The number of nitrogens with one attached hydrogen (secondary N) is 1. The lowest BCUT2D eigenvalue weighted by atomic mass is 10.0. The molecular formula is C14H23NO. The standard InChI is InChI=1S/C14H23NO/c1-5-15-14(10-16-11(2)3)13-9-7-6-8-12(13)4/h6-9,11,14-15H,5,10H2,1-4H3. The van der Waals surface area contributed by atoms with Crippen LogP contribution in [0.25, 0.3) is 0 Å². The van der Waals surface area contributed by atoms with E-state index in [-0.39, 0.29) is 6.10 Å². The van der Waals surface area contributed by atoms with Crippen molar-refractivity contribution in [2.45, 2.75) is 39.8 Å². The second kappa shape index (κ2) is 6.66. The summed E-state index contributed by atoms with van der Waals surface area (Å²) in [4.78, 5) is 0. The third-order valence-electron chi connectivity index (χ3n) is 2.61. The molecule has 0 bridgehead atoms. The third-order valence-corrected chi connectivity index (χ3v) is 2.61. The summed E-state index contributed by atoms with van der Waals surface area (Å²) < 4.78 is 5.70. The van der Waals surface area contributed by atoms with E-state index in [0.29, 0.717) is 6.04 Å². The SMILES string of the molecule is CCNC(COC(C)C)c1ccccc1C. The normalized spacial score (nSPS) is 13.1. The first-order valence-corrected chi connectivity index (χ1v) is 6.05. The van der Waals surface area contributed by atoms with Crippen molar-refractivity contribution in [3.63, 3.8) is 0 Å². The molecule has 0 heterocycles. The number of likely N-dealkylation sites (N-methyl/N-ethyl adjacent to an activating group) is 1. The van der Waals surface area contributed by atoms with E-state index < -0.39 is 0 Å². The van der Waals surface area contributed by atoms with E-state index >= 15 is 0 Å². The fourth-order valence-electron chi connectivity index (χ4n) is 1.77. The molecule has 1 aromatic carbocycles. The first kappa shape index (κ1) is 13.2. The zero-order valence-corrected chi connectivity index (χ0v) is 10.8. The van der Waals surface area contributed by atoms with Crippen LogP contribution in [0.3, 0.4) is 0 Å². The monoisotopic (exact) mass is 221 g/mol. The molecule has 16 heavy (non-hydrogen) atoms. The fraction of sp³-hybridized carbons (Fsp3) is 0.571. The van der Waals surface area contributed by atoms with Crippen LogP contribution in [0.1, 0.15) is 37.9 Å². The van der Waals surface area contributed by atoms with Gasteiger partial charge >= 0.3 is 0 Å². The molecule has 0 fully saturated rings. The van der Waals surface area contributed by atoms with Crippen molar-refractivity contribution >= 4 is 0 Å². The van der Waals surface area contributed by atoms with Crippen LogP contribution >= 0.6 is 0 Å². The Hall–Kier alpha value is -0.860. The Labute approximate surface area is 99.0 Å². The Balaban J connectivity index is 2.73. The molecule has 1 N–H and O–H groups in total. The van der Waals surface area contributed by atoms with Crippen LogP contribution in [0.4, 0.5) is 0 Å². The van der Waals surface area contributed by atoms with Crippen molar-refractivity contribution in [1.29, 1.82) is 0 Å². The summed E-state index contributed by atoms with van der Waals surface area (Å²) in [7, 11) is 0. The van der Waals surface area contributed by atoms with Crippen LogP contribution in [0.15, 0.2) is 24.3 Å². The van der Waals surface area contributed by atoms with E-state index in [2.05, 4.69) is 57.3 Å². The van der Waals surface area contributed by atoms with Gasteiger partial charge in [-0.15, -0.1) is 0 Å². The Morgan fingerprint density at radius 3 is 2.50 bits per heavy atom. The van der Waals surface area contributed by atoms with Crippen LogP contribution in [-0.4, -0.2) is 19.3 Å². The zero-order valence-electron chi connectivity index (χ0n) is 10.8. The predicted molar refractivity (Wildman–Crippen MR) is 68.7 cm³/mol. The second-order valence-electron chi connectivity index (χ2n) is 4.35. The van der Waals surface area contributed by atoms with Gasteiger partial charge in [0.15, 0.2) is 0 Å². The van der Waals surface area contributed by atoms with E-state index in [9.17, 15) is 0 Å². The highest BCUT2D eigenvalue weighted by atomic mass is 16.5. The van der Waals surface area contributed by atoms with Crippen LogP contribution in [0, 0.1) is 6.92 Å². The lowest BCUT2D eigenvalue weighted by molar-refractivity contribution is 0.0613. The number of benzene rings is 1. The van der Waals surface area contributed by atoms with Crippen molar-refractivity contribution in [2.75, 3.05) is 13.2 Å². The van der Waals surface area contributed by atoms with E-state index in [1.165, 1.54) is 11.1 Å². The minimum atomic E-state index is 0.283. The topological polar surface area (TPSA) is 21.3 Å². The van der Waals surface area contributed by atoms with Crippen LogP contribution in [0.5, 0.6) is 0 Å². The Morgan fingerprint density at radius 2 is 1.94 bits per heavy atom. The molecule has 1 atom stereocenters. The maximum Gasteiger partial charge on any atom is 0.0665 e. The first-order chi connectivity index (χ1) is 7.65. The molecule has 2 heteroatoms. The van der Waals surface area contributed by atoms with Crippen molar-refractivity contribution in [2.24, 2.45) is 0 Å². The number of ether oxygens (including phenoxy) is 1. The third kappa shape index (κ3) is 3.95. The highest BCUT2D eigenvalue weighted by Crippen LogP contribution is 2.18. The lowest BCUT2D eigenvalue weighted by Gasteiger charge is -2.21. The predicted octanol–water partition coefficient (Wildman–Crippen LogP) is 3.07. The number of hydrogen-bond acceptors (Lipinski definition) is 2. The van der Waals surface area contributed by atoms with Crippen molar-refractivity contribution in [3.05, 3.63) is 35.4 Å². The first-order valence-electron chi connectivity index (χ1n) is 6.05. The molecule has 0 aliphatic carbocycles. The molecule has 0 radical (unpaired) electrons. The summed E-state index contributed by atoms with van der Waals surface area (Å²) in [5, 5.41) is 3.47. The quantitative estimate of drug-likeness (QED) is 0.797. The van der Waals surface area contributed by atoms with E-state index in [4.69, 9.17) is 4.74 Å². The van der Waals surface area contributed by atoms with Gasteiger partial charge < -0.3 is 10.1 Å². The highest BCUT2D eigenvalue weighted by Gasteiger charge is 2.12. The van der Waals surface area contributed by atoms with Gasteiger partial charge in [-0.3, -0.25) is 0 Å². The second-order valence-corrected chi connectivity index (χ2v) is 4.35. The molecule has 0 aromatic heterocycles. The van der Waals surface area contributed by atoms with Crippen molar-refractivity contribution in [3.8, 4) is 0 Å². The number of hydrogen-bond donors (Lipinski definition) is 1. The molecular weight excluding hydrogens is 198 g/mol. The molecule has 0 spiro atoms. The summed E-state index contributed by atoms with van der Waals surface area (Å²) >= 11 is 0. The summed E-state index contributed by atoms with van der Waals surface area (Å²) in [6.45, 7) is 10.1. The van der Waals surface area contributed by atoms with Crippen molar-refractivity contribution in [1.82, 2.24) is 5.32 Å².